The van der Waals surface area contributed by atoms with Crippen LogP contribution in [0.1, 0.15) is 20.8 Å². The van der Waals surface area contributed by atoms with Crippen LogP contribution in [0.3, 0.4) is 0 Å². The van der Waals surface area contributed by atoms with Gasteiger partial charge in [-0.1, -0.05) is 0 Å². The van der Waals surface area contributed by atoms with Gasteiger partial charge in [-0.15, -0.1) is 11.3 Å². The first-order valence-electron chi connectivity index (χ1n) is 5.67. The van der Waals surface area contributed by atoms with Crippen LogP contribution in [0.15, 0.2) is 34.5 Å². The number of rotatable bonds is 4. The molecule has 2 amide bonds. The standard InChI is InChI=1S/C12H8F3N3O2S2/c13-12(14,15)22-7-3-1-6(2-4-7)10(20)18-11-17-8(5-21-11)9(16)19/h1-5H,(H2,16,19)(H,17,18,20). The number of primary amides is 1. The van der Waals surface area contributed by atoms with Crippen molar-refractivity contribution in [3.05, 3.63) is 40.9 Å². The van der Waals surface area contributed by atoms with Gasteiger partial charge in [0.2, 0.25) is 0 Å². The van der Waals surface area contributed by atoms with E-state index in [1.165, 1.54) is 29.6 Å². The van der Waals surface area contributed by atoms with Crippen LogP contribution >= 0.6 is 23.1 Å². The van der Waals surface area contributed by atoms with Gasteiger partial charge < -0.3 is 5.73 Å². The van der Waals surface area contributed by atoms with E-state index in [4.69, 9.17) is 5.73 Å². The highest BCUT2D eigenvalue weighted by atomic mass is 32.2. The van der Waals surface area contributed by atoms with Gasteiger partial charge in [-0.2, -0.15) is 13.2 Å². The zero-order valence-electron chi connectivity index (χ0n) is 10.7. The van der Waals surface area contributed by atoms with Gasteiger partial charge in [0.15, 0.2) is 5.13 Å². The number of nitrogens with two attached hydrogens (primary N) is 1. The normalized spacial score (nSPS) is 11.2. The van der Waals surface area contributed by atoms with E-state index in [0.29, 0.717) is 0 Å². The first kappa shape index (κ1) is 16.3. The summed E-state index contributed by atoms with van der Waals surface area (Å²) in [7, 11) is 0. The number of aromatic nitrogens is 1. The molecule has 5 nitrogen and oxygen atoms in total. The summed E-state index contributed by atoms with van der Waals surface area (Å²) in [6.45, 7) is 0. The van der Waals surface area contributed by atoms with Gasteiger partial charge >= 0.3 is 5.51 Å². The minimum Gasteiger partial charge on any atom is -0.364 e. The minimum absolute atomic E-state index is 0.0192. The molecule has 0 aliphatic heterocycles. The Morgan fingerprint density at radius 1 is 1.23 bits per heavy atom. The summed E-state index contributed by atoms with van der Waals surface area (Å²) in [5, 5.41) is 4.00. The summed E-state index contributed by atoms with van der Waals surface area (Å²) in [4.78, 5) is 26.6. The molecule has 0 aliphatic rings. The quantitative estimate of drug-likeness (QED) is 0.832. The molecule has 3 N–H and O–H groups in total. The Bertz CT molecular complexity index is 698. The summed E-state index contributed by atoms with van der Waals surface area (Å²) in [5.74, 6) is -1.26. The Morgan fingerprint density at radius 3 is 2.36 bits per heavy atom. The second kappa shape index (κ2) is 6.36. The number of anilines is 1. The molecule has 1 aromatic carbocycles. The highest BCUT2D eigenvalue weighted by Gasteiger charge is 2.29. The molecule has 10 heteroatoms. The molecule has 1 heterocycles. The number of nitrogens with one attached hydrogen (secondary N) is 1. The number of halogens is 3. The summed E-state index contributed by atoms with van der Waals surface area (Å²) in [6, 6.07) is 4.94. The average Bonchev–Trinajstić information content (AvgIpc) is 2.86. The van der Waals surface area contributed by atoms with Gasteiger partial charge in [0.1, 0.15) is 5.69 Å². The number of amides is 2. The van der Waals surface area contributed by atoms with E-state index >= 15 is 0 Å². The van der Waals surface area contributed by atoms with Crippen molar-refractivity contribution in [1.82, 2.24) is 4.98 Å². The summed E-state index contributed by atoms with van der Waals surface area (Å²) in [5.41, 5.74) is 0.849. The zero-order chi connectivity index (χ0) is 16.3. The highest BCUT2D eigenvalue weighted by Crippen LogP contribution is 2.36. The van der Waals surface area contributed by atoms with Crippen molar-refractivity contribution >= 4 is 40.0 Å². The molecule has 0 bridgehead atoms. The number of carbonyl (C=O) groups is 2. The molecule has 2 aromatic rings. The van der Waals surface area contributed by atoms with Gasteiger partial charge in [0.25, 0.3) is 11.8 Å². The predicted octanol–water partition coefficient (Wildman–Crippen LogP) is 3.11. The number of hydrogen-bond acceptors (Lipinski definition) is 5. The van der Waals surface area contributed by atoms with Crippen LogP contribution in [0.5, 0.6) is 0 Å². The lowest BCUT2D eigenvalue weighted by atomic mass is 10.2. The molecule has 0 saturated heterocycles. The van der Waals surface area contributed by atoms with Crippen molar-refractivity contribution < 1.29 is 22.8 Å². The third kappa shape index (κ3) is 4.46. The number of carbonyl (C=O) groups excluding carboxylic acids is 2. The lowest BCUT2D eigenvalue weighted by Crippen LogP contribution is -2.14. The maximum absolute atomic E-state index is 12.2. The van der Waals surface area contributed by atoms with Crippen molar-refractivity contribution in [2.45, 2.75) is 10.4 Å². The van der Waals surface area contributed by atoms with E-state index in [0.717, 1.165) is 11.3 Å². The Kier molecular flexibility index (Phi) is 4.71. The second-order valence-electron chi connectivity index (χ2n) is 3.93. The Balaban J connectivity index is 2.04. The van der Waals surface area contributed by atoms with E-state index in [1.807, 2.05) is 0 Å². The molecule has 2 rings (SSSR count). The summed E-state index contributed by atoms with van der Waals surface area (Å²) >= 11 is 0.753. The molecule has 0 saturated carbocycles. The molecule has 0 radical (unpaired) electrons. The maximum Gasteiger partial charge on any atom is 0.446 e. The summed E-state index contributed by atoms with van der Waals surface area (Å²) in [6.07, 6.45) is 0. The monoisotopic (exact) mass is 347 g/mol. The number of thioether (sulfide) groups is 1. The lowest BCUT2D eigenvalue weighted by molar-refractivity contribution is -0.0328. The van der Waals surface area contributed by atoms with Crippen LogP contribution in [-0.2, 0) is 0 Å². The van der Waals surface area contributed by atoms with Gasteiger partial charge in [-0.25, -0.2) is 4.98 Å². The smallest absolute Gasteiger partial charge is 0.364 e. The lowest BCUT2D eigenvalue weighted by Gasteiger charge is -2.06. The Hall–Kier alpha value is -2.07. The molecule has 0 fully saturated rings. The Labute approximate surface area is 130 Å². The van der Waals surface area contributed by atoms with E-state index in [2.05, 4.69) is 10.3 Å². The number of benzene rings is 1. The largest absolute Gasteiger partial charge is 0.446 e. The molecular weight excluding hydrogens is 339 g/mol. The number of hydrogen-bond donors (Lipinski definition) is 2. The zero-order valence-corrected chi connectivity index (χ0v) is 12.3. The number of alkyl halides is 3. The molecular formula is C12H8F3N3O2S2. The first-order chi connectivity index (χ1) is 10.2. The molecule has 116 valence electrons. The molecule has 0 unspecified atom stereocenters. The van der Waals surface area contributed by atoms with Crippen LogP contribution in [0.4, 0.5) is 18.3 Å². The maximum atomic E-state index is 12.2. The predicted molar refractivity (Wildman–Crippen MR) is 76.9 cm³/mol. The van der Waals surface area contributed by atoms with Crippen LogP contribution in [0, 0.1) is 0 Å². The Morgan fingerprint density at radius 2 is 1.86 bits per heavy atom. The fraction of sp³-hybridized carbons (Fsp3) is 0.0833. The highest BCUT2D eigenvalue weighted by molar-refractivity contribution is 8.00. The van der Waals surface area contributed by atoms with Gasteiger partial charge in [-0.3, -0.25) is 14.9 Å². The van der Waals surface area contributed by atoms with Crippen molar-refractivity contribution in [3.63, 3.8) is 0 Å². The molecule has 0 aliphatic carbocycles. The molecule has 22 heavy (non-hydrogen) atoms. The topological polar surface area (TPSA) is 85.1 Å². The van der Waals surface area contributed by atoms with E-state index in [9.17, 15) is 22.8 Å². The van der Waals surface area contributed by atoms with Crippen LogP contribution in [0.2, 0.25) is 0 Å². The fourth-order valence-corrected chi connectivity index (χ4v) is 2.66. The first-order valence-corrected chi connectivity index (χ1v) is 7.37. The molecule has 1 aromatic heterocycles. The van der Waals surface area contributed by atoms with Crippen molar-refractivity contribution in [2.24, 2.45) is 5.73 Å². The SMILES string of the molecule is NC(=O)c1csc(NC(=O)c2ccc(SC(F)(F)F)cc2)n1. The van der Waals surface area contributed by atoms with E-state index in [-0.39, 0.29) is 33.0 Å². The van der Waals surface area contributed by atoms with Crippen molar-refractivity contribution in [1.29, 1.82) is 0 Å². The van der Waals surface area contributed by atoms with Crippen molar-refractivity contribution in [2.75, 3.05) is 5.32 Å². The molecule has 0 atom stereocenters. The average molecular weight is 347 g/mol. The van der Waals surface area contributed by atoms with E-state index < -0.39 is 17.3 Å². The number of nitrogens with zero attached hydrogens (tertiary/aromatic N) is 1. The van der Waals surface area contributed by atoms with Gasteiger partial charge in [0, 0.05) is 15.8 Å². The third-order valence-corrected chi connectivity index (χ3v) is 3.82. The van der Waals surface area contributed by atoms with Crippen LogP contribution < -0.4 is 11.1 Å². The molecule has 0 spiro atoms. The van der Waals surface area contributed by atoms with Crippen molar-refractivity contribution in [3.8, 4) is 0 Å². The summed E-state index contributed by atoms with van der Waals surface area (Å²) < 4.78 is 36.6. The minimum atomic E-state index is -4.38. The van der Waals surface area contributed by atoms with Gasteiger partial charge in [0.05, 0.1) is 0 Å². The van der Waals surface area contributed by atoms with Crippen LogP contribution in [0.25, 0.3) is 0 Å². The fourth-order valence-electron chi connectivity index (χ4n) is 1.42. The van der Waals surface area contributed by atoms with E-state index in [1.54, 1.807) is 0 Å². The van der Waals surface area contributed by atoms with Crippen LogP contribution in [-0.4, -0.2) is 22.3 Å². The third-order valence-electron chi connectivity index (χ3n) is 2.33. The second-order valence-corrected chi connectivity index (χ2v) is 5.92. The van der Waals surface area contributed by atoms with Gasteiger partial charge in [-0.05, 0) is 36.0 Å². The number of thiazole rings is 1.